The van der Waals surface area contributed by atoms with E-state index < -0.39 is 10.0 Å². The van der Waals surface area contributed by atoms with Crippen LogP contribution in [0.1, 0.15) is 26.7 Å². The van der Waals surface area contributed by atoms with Crippen LogP contribution >= 0.6 is 0 Å². The molecule has 152 valence electrons. The second kappa shape index (κ2) is 9.98. The molecule has 0 saturated heterocycles. The van der Waals surface area contributed by atoms with E-state index in [4.69, 9.17) is 9.47 Å². The Labute approximate surface area is 166 Å². The maximum absolute atomic E-state index is 12.5. The summed E-state index contributed by atoms with van der Waals surface area (Å²) >= 11 is 0. The average Bonchev–Trinajstić information content (AvgIpc) is 2.67. The highest BCUT2D eigenvalue weighted by Crippen LogP contribution is 2.21. The summed E-state index contributed by atoms with van der Waals surface area (Å²) in [4.78, 5) is 11.9. The number of amides is 1. The monoisotopic (exact) mass is 406 g/mol. The van der Waals surface area contributed by atoms with E-state index >= 15 is 0 Å². The Hall–Kier alpha value is -2.74. The maximum Gasteiger partial charge on any atom is 0.261 e. The molecular weight excluding hydrogens is 380 g/mol. The van der Waals surface area contributed by atoms with E-state index in [1.54, 1.807) is 24.3 Å². The number of nitrogens with one attached hydrogen (secondary N) is 2. The zero-order valence-electron chi connectivity index (χ0n) is 16.3. The third-order valence-electron chi connectivity index (χ3n) is 3.98. The van der Waals surface area contributed by atoms with E-state index in [9.17, 15) is 13.2 Å². The lowest BCUT2D eigenvalue weighted by Crippen LogP contribution is -2.35. The van der Waals surface area contributed by atoms with Crippen molar-refractivity contribution < 1.29 is 22.7 Å². The first-order chi connectivity index (χ1) is 13.3. The lowest BCUT2D eigenvalue weighted by atomic mass is 10.2. The second-order valence-electron chi connectivity index (χ2n) is 6.35. The van der Waals surface area contributed by atoms with E-state index in [1.807, 2.05) is 6.92 Å². The largest absolute Gasteiger partial charge is 0.497 e. The van der Waals surface area contributed by atoms with Crippen molar-refractivity contribution in [2.75, 3.05) is 18.4 Å². The molecule has 2 aromatic rings. The van der Waals surface area contributed by atoms with Crippen LogP contribution in [0.3, 0.4) is 0 Å². The minimum absolute atomic E-state index is 0.0942. The molecule has 2 aromatic carbocycles. The number of anilines is 1. The van der Waals surface area contributed by atoms with Gasteiger partial charge in [0.05, 0.1) is 12.0 Å². The molecule has 2 N–H and O–H groups in total. The molecule has 0 saturated carbocycles. The van der Waals surface area contributed by atoms with E-state index in [0.29, 0.717) is 17.2 Å². The van der Waals surface area contributed by atoms with Gasteiger partial charge in [-0.3, -0.25) is 9.52 Å². The molecule has 8 heteroatoms. The van der Waals surface area contributed by atoms with Crippen LogP contribution in [0.25, 0.3) is 0 Å². The summed E-state index contributed by atoms with van der Waals surface area (Å²) in [7, 11) is -2.19. The van der Waals surface area contributed by atoms with Gasteiger partial charge in [0, 0.05) is 11.7 Å². The maximum atomic E-state index is 12.5. The molecule has 0 radical (unpaired) electrons. The van der Waals surface area contributed by atoms with Crippen LogP contribution in [0.4, 0.5) is 5.69 Å². The molecule has 7 nitrogen and oxygen atoms in total. The molecule has 0 fully saturated rings. The number of carbonyl (C=O) groups is 1. The first-order valence-electron chi connectivity index (χ1n) is 9.03. The van der Waals surface area contributed by atoms with Crippen LogP contribution in [-0.2, 0) is 14.8 Å². The van der Waals surface area contributed by atoms with Gasteiger partial charge in [-0.15, -0.1) is 0 Å². The molecular formula is C20H26N2O5S. The molecule has 0 aliphatic heterocycles. The number of hydrogen-bond acceptors (Lipinski definition) is 5. The van der Waals surface area contributed by atoms with Gasteiger partial charge in [-0.25, -0.2) is 8.42 Å². The SMILES string of the molecule is CCCC(C)NC(=O)COc1ccc(S(=O)(=O)Nc2ccc(OC)cc2)cc1. The fourth-order valence-electron chi connectivity index (χ4n) is 2.56. The van der Waals surface area contributed by atoms with Gasteiger partial charge >= 0.3 is 0 Å². The van der Waals surface area contributed by atoms with Crippen molar-refractivity contribution in [2.45, 2.75) is 37.6 Å². The van der Waals surface area contributed by atoms with E-state index in [2.05, 4.69) is 17.0 Å². The van der Waals surface area contributed by atoms with Crippen LogP contribution in [0.15, 0.2) is 53.4 Å². The van der Waals surface area contributed by atoms with Gasteiger partial charge in [0.2, 0.25) is 0 Å². The summed E-state index contributed by atoms with van der Waals surface area (Å²) in [6.45, 7) is 3.87. The summed E-state index contributed by atoms with van der Waals surface area (Å²) in [6.07, 6.45) is 1.89. The van der Waals surface area contributed by atoms with Crippen LogP contribution in [0.2, 0.25) is 0 Å². The van der Waals surface area contributed by atoms with E-state index in [0.717, 1.165) is 12.8 Å². The Morgan fingerprint density at radius 2 is 1.64 bits per heavy atom. The minimum Gasteiger partial charge on any atom is -0.497 e. The summed E-state index contributed by atoms with van der Waals surface area (Å²) in [5.41, 5.74) is 0.430. The third-order valence-corrected chi connectivity index (χ3v) is 5.37. The first kappa shape index (κ1) is 21.6. The van der Waals surface area contributed by atoms with Crippen LogP contribution in [0, 0.1) is 0 Å². The second-order valence-corrected chi connectivity index (χ2v) is 8.03. The normalized spacial score (nSPS) is 12.1. The predicted octanol–water partition coefficient (Wildman–Crippen LogP) is 3.18. The molecule has 0 heterocycles. The highest BCUT2D eigenvalue weighted by molar-refractivity contribution is 7.92. The Morgan fingerprint density at radius 3 is 2.21 bits per heavy atom. The lowest BCUT2D eigenvalue weighted by molar-refractivity contribution is -0.123. The fraction of sp³-hybridized carbons (Fsp3) is 0.350. The Balaban J connectivity index is 1.94. The number of carbonyl (C=O) groups excluding carboxylic acids is 1. The molecule has 1 amide bonds. The van der Waals surface area contributed by atoms with Crippen molar-refractivity contribution in [1.29, 1.82) is 0 Å². The van der Waals surface area contributed by atoms with Crippen molar-refractivity contribution >= 4 is 21.6 Å². The van der Waals surface area contributed by atoms with Crippen molar-refractivity contribution in [3.63, 3.8) is 0 Å². The molecule has 0 bridgehead atoms. The smallest absolute Gasteiger partial charge is 0.261 e. The van der Waals surface area contributed by atoms with Gasteiger partial charge in [0.15, 0.2) is 6.61 Å². The van der Waals surface area contributed by atoms with E-state index in [-0.39, 0.29) is 23.5 Å². The van der Waals surface area contributed by atoms with Crippen molar-refractivity contribution in [1.82, 2.24) is 5.32 Å². The first-order valence-corrected chi connectivity index (χ1v) is 10.5. The Kier molecular flexibility index (Phi) is 7.69. The molecule has 0 aliphatic carbocycles. The van der Waals surface area contributed by atoms with Gasteiger partial charge in [0.1, 0.15) is 11.5 Å². The number of benzene rings is 2. The fourth-order valence-corrected chi connectivity index (χ4v) is 3.62. The van der Waals surface area contributed by atoms with Gasteiger partial charge in [-0.2, -0.15) is 0 Å². The van der Waals surface area contributed by atoms with E-state index in [1.165, 1.54) is 31.4 Å². The van der Waals surface area contributed by atoms with Crippen LogP contribution < -0.4 is 19.5 Å². The summed E-state index contributed by atoms with van der Waals surface area (Å²) in [5, 5.41) is 2.84. The molecule has 0 aromatic heterocycles. The molecule has 0 spiro atoms. The van der Waals surface area contributed by atoms with Gasteiger partial charge in [-0.1, -0.05) is 13.3 Å². The van der Waals surface area contributed by atoms with Crippen LogP contribution in [0.5, 0.6) is 11.5 Å². The Bertz CT molecular complexity index is 864. The number of methoxy groups -OCH3 is 1. The third kappa shape index (κ3) is 6.45. The average molecular weight is 407 g/mol. The predicted molar refractivity (Wildman–Crippen MR) is 108 cm³/mol. The topological polar surface area (TPSA) is 93.7 Å². The molecule has 0 aliphatic rings. The van der Waals surface area contributed by atoms with Gasteiger partial charge in [0.25, 0.3) is 15.9 Å². The standard InChI is InChI=1S/C20H26N2O5S/c1-4-5-15(2)21-20(23)14-27-18-10-12-19(13-11-18)28(24,25)22-16-6-8-17(26-3)9-7-16/h6-13,15,22H,4-5,14H2,1-3H3,(H,21,23). The quantitative estimate of drug-likeness (QED) is 0.632. The van der Waals surface area contributed by atoms with Crippen molar-refractivity contribution in [3.8, 4) is 11.5 Å². The van der Waals surface area contributed by atoms with Gasteiger partial charge < -0.3 is 14.8 Å². The van der Waals surface area contributed by atoms with Gasteiger partial charge in [-0.05, 0) is 61.9 Å². The van der Waals surface area contributed by atoms with Crippen molar-refractivity contribution in [3.05, 3.63) is 48.5 Å². The number of sulfonamides is 1. The summed E-state index contributed by atoms with van der Waals surface area (Å²) in [6, 6.07) is 12.6. The zero-order chi connectivity index (χ0) is 20.6. The van der Waals surface area contributed by atoms with Crippen LogP contribution in [-0.4, -0.2) is 34.1 Å². The number of ether oxygens (including phenoxy) is 2. The summed E-state index contributed by atoms with van der Waals surface area (Å²) in [5.74, 6) is 0.845. The number of hydrogen-bond donors (Lipinski definition) is 2. The highest BCUT2D eigenvalue weighted by atomic mass is 32.2. The zero-order valence-corrected chi connectivity index (χ0v) is 17.1. The summed E-state index contributed by atoms with van der Waals surface area (Å²) < 4.78 is 37.9. The number of rotatable bonds is 10. The molecule has 1 atom stereocenters. The minimum atomic E-state index is -3.73. The molecule has 2 rings (SSSR count). The lowest BCUT2D eigenvalue weighted by Gasteiger charge is -2.13. The highest BCUT2D eigenvalue weighted by Gasteiger charge is 2.14. The van der Waals surface area contributed by atoms with Crippen molar-refractivity contribution in [2.24, 2.45) is 0 Å². The molecule has 1 unspecified atom stereocenters. The Morgan fingerprint density at radius 1 is 1.04 bits per heavy atom. The molecule has 28 heavy (non-hydrogen) atoms.